The minimum absolute atomic E-state index is 0.346. The van der Waals surface area contributed by atoms with Gasteiger partial charge < -0.3 is 19.7 Å². The van der Waals surface area contributed by atoms with E-state index < -0.39 is 11.9 Å². The third kappa shape index (κ3) is 2.03. The molecule has 0 aliphatic carbocycles. The number of methoxy groups -OCH3 is 1. The van der Waals surface area contributed by atoms with Crippen molar-refractivity contribution in [1.82, 2.24) is 0 Å². The smallest absolute Gasteiger partial charge is 0.261 e. The summed E-state index contributed by atoms with van der Waals surface area (Å²) in [6, 6.07) is 14.2. The van der Waals surface area contributed by atoms with Crippen molar-refractivity contribution in [2.24, 2.45) is 0 Å². The first-order valence-corrected chi connectivity index (χ1v) is 6.45. The number of fused-ring (bicyclic) bond motifs is 1. The maximum atomic E-state index is 10.7. The van der Waals surface area contributed by atoms with Gasteiger partial charge in [0.15, 0.2) is 0 Å². The van der Waals surface area contributed by atoms with E-state index in [0.717, 1.165) is 5.56 Å². The van der Waals surface area contributed by atoms with Crippen molar-refractivity contribution in [2.75, 3.05) is 7.11 Å². The molecule has 104 valence electrons. The third-order valence-corrected chi connectivity index (χ3v) is 3.61. The number of benzene rings is 2. The van der Waals surface area contributed by atoms with Crippen LogP contribution in [0.1, 0.15) is 11.1 Å². The Bertz CT molecular complexity index is 608. The van der Waals surface area contributed by atoms with Crippen LogP contribution in [0.5, 0.6) is 11.5 Å². The molecule has 0 fully saturated rings. The summed E-state index contributed by atoms with van der Waals surface area (Å²) < 4.78 is 10.7. The molecule has 2 N–H and O–H groups in total. The summed E-state index contributed by atoms with van der Waals surface area (Å²) in [5.41, 5.74) is 1.39. The first-order chi connectivity index (χ1) is 9.63. The van der Waals surface area contributed by atoms with E-state index in [9.17, 15) is 10.2 Å². The fraction of sp³-hybridized carbons (Fsp3) is 0.250. The largest absolute Gasteiger partial charge is 0.497 e. The Morgan fingerprint density at radius 2 is 1.85 bits per heavy atom. The van der Waals surface area contributed by atoms with Gasteiger partial charge in [0.25, 0.3) is 5.79 Å². The van der Waals surface area contributed by atoms with Crippen LogP contribution in [0.4, 0.5) is 0 Å². The third-order valence-electron chi connectivity index (χ3n) is 3.61. The average Bonchev–Trinajstić information content (AvgIpc) is 2.48. The highest BCUT2D eigenvalue weighted by Gasteiger charge is 2.44. The zero-order valence-electron chi connectivity index (χ0n) is 11.1. The van der Waals surface area contributed by atoms with E-state index in [4.69, 9.17) is 9.47 Å². The maximum Gasteiger partial charge on any atom is 0.261 e. The Hall–Kier alpha value is -2.04. The van der Waals surface area contributed by atoms with Gasteiger partial charge in [0.1, 0.15) is 17.6 Å². The van der Waals surface area contributed by atoms with Crippen molar-refractivity contribution in [2.45, 2.75) is 18.3 Å². The number of aliphatic hydroxyl groups is 2. The average molecular weight is 272 g/mol. The minimum Gasteiger partial charge on any atom is -0.497 e. The van der Waals surface area contributed by atoms with Crippen LogP contribution in [0.2, 0.25) is 0 Å². The molecule has 2 aromatic carbocycles. The second kappa shape index (κ2) is 4.81. The summed E-state index contributed by atoms with van der Waals surface area (Å²) in [7, 11) is 1.58. The van der Waals surface area contributed by atoms with Crippen LogP contribution in [0.3, 0.4) is 0 Å². The van der Waals surface area contributed by atoms with Gasteiger partial charge in [0, 0.05) is 12.0 Å². The number of hydrogen-bond donors (Lipinski definition) is 2. The molecule has 1 aliphatic heterocycles. The van der Waals surface area contributed by atoms with E-state index in [-0.39, 0.29) is 0 Å². The summed E-state index contributed by atoms with van der Waals surface area (Å²) in [5.74, 6) is -0.458. The summed E-state index contributed by atoms with van der Waals surface area (Å²) >= 11 is 0. The molecule has 2 aromatic rings. The van der Waals surface area contributed by atoms with Gasteiger partial charge in [0.2, 0.25) is 0 Å². The molecule has 0 spiro atoms. The topological polar surface area (TPSA) is 58.9 Å². The van der Waals surface area contributed by atoms with Crippen LogP contribution in [0.15, 0.2) is 48.5 Å². The molecule has 4 nitrogen and oxygen atoms in total. The van der Waals surface area contributed by atoms with E-state index in [2.05, 4.69) is 0 Å². The standard InChI is InChI=1S/C16H16O4/c1-19-13-8-6-12(7-9-13)16(18)15(17)10-11-4-2-3-5-14(11)20-16/h2-9,15,17-18H,10H2,1H3. The second-order valence-electron chi connectivity index (χ2n) is 4.85. The SMILES string of the molecule is COc1ccc(C2(O)Oc3ccccc3CC2O)cc1. The van der Waals surface area contributed by atoms with Crippen LogP contribution in [-0.4, -0.2) is 23.4 Å². The molecular formula is C16H16O4. The van der Waals surface area contributed by atoms with Crippen molar-refractivity contribution in [3.63, 3.8) is 0 Å². The Labute approximate surface area is 117 Å². The Balaban J connectivity index is 1.98. The van der Waals surface area contributed by atoms with Gasteiger partial charge in [-0.05, 0) is 35.9 Å². The van der Waals surface area contributed by atoms with Gasteiger partial charge in [-0.25, -0.2) is 0 Å². The van der Waals surface area contributed by atoms with Crippen molar-refractivity contribution in [1.29, 1.82) is 0 Å². The van der Waals surface area contributed by atoms with Crippen molar-refractivity contribution < 1.29 is 19.7 Å². The Morgan fingerprint density at radius 1 is 1.15 bits per heavy atom. The summed E-state index contributed by atoms with van der Waals surface area (Å²) in [6.45, 7) is 0. The van der Waals surface area contributed by atoms with Gasteiger partial charge in [0.05, 0.1) is 7.11 Å². The van der Waals surface area contributed by atoms with Gasteiger partial charge in [-0.15, -0.1) is 0 Å². The first-order valence-electron chi connectivity index (χ1n) is 6.45. The number of rotatable bonds is 2. The highest BCUT2D eigenvalue weighted by molar-refractivity contribution is 5.39. The molecule has 0 saturated carbocycles. The lowest BCUT2D eigenvalue weighted by molar-refractivity contribution is -0.222. The lowest BCUT2D eigenvalue weighted by atomic mass is 9.91. The first kappa shape index (κ1) is 13.0. The maximum absolute atomic E-state index is 10.7. The molecule has 0 aromatic heterocycles. The van der Waals surface area contributed by atoms with Crippen LogP contribution in [0.25, 0.3) is 0 Å². The quantitative estimate of drug-likeness (QED) is 0.875. The molecule has 1 heterocycles. The van der Waals surface area contributed by atoms with Gasteiger partial charge in [-0.1, -0.05) is 18.2 Å². The molecule has 3 rings (SSSR count). The van der Waals surface area contributed by atoms with Crippen LogP contribution < -0.4 is 9.47 Å². The molecule has 0 radical (unpaired) electrons. The summed E-state index contributed by atoms with van der Waals surface area (Å²) in [4.78, 5) is 0. The van der Waals surface area contributed by atoms with Crippen molar-refractivity contribution >= 4 is 0 Å². The highest BCUT2D eigenvalue weighted by Crippen LogP contribution is 2.38. The molecule has 2 unspecified atom stereocenters. The molecule has 4 heteroatoms. The van der Waals surface area contributed by atoms with Gasteiger partial charge >= 0.3 is 0 Å². The molecule has 1 aliphatic rings. The molecular weight excluding hydrogens is 256 g/mol. The zero-order chi connectivity index (χ0) is 14.2. The van der Waals surface area contributed by atoms with Gasteiger partial charge in [-0.2, -0.15) is 0 Å². The minimum atomic E-state index is -1.74. The number of hydrogen-bond acceptors (Lipinski definition) is 4. The number of ether oxygens (including phenoxy) is 2. The predicted molar refractivity (Wildman–Crippen MR) is 73.7 cm³/mol. The van der Waals surface area contributed by atoms with Crippen molar-refractivity contribution in [3.8, 4) is 11.5 Å². The summed E-state index contributed by atoms with van der Waals surface area (Å²) in [5, 5.41) is 21.0. The van der Waals surface area contributed by atoms with E-state index >= 15 is 0 Å². The second-order valence-corrected chi connectivity index (χ2v) is 4.85. The normalized spacial score (nSPS) is 24.6. The van der Waals surface area contributed by atoms with E-state index in [1.165, 1.54) is 0 Å². The van der Waals surface area contributed by atoms with Gasteiger partial charge in [-0.3, -0.25) is 0 Å². The monoisotopic (exact) mass is 272 g/mol. The Morgan fingerprint density at radius 3 is 2.55 bits per heavy atom. The lowest BCUT2D eigenvalue weighted by Crippen LogP contribution is -2.48. The summed E-state index contributed by atoms with van der Waals surface area (Å²) in [6.07, 6.45) is -0.676. The molecule has 2 atom stereocenters. The highest BCUT2D eigenvalue weighted by atomic mass is 16.6. The zero-order valence-corrected chi connectivity index (χ0v) is 11.1. The Kier molecular flexibility index (Phi) is 3.12. The number of aliphatic hydroxyl groups excluding tert-OH is 1. The lowest BCUT2D eigenvalue weighted by Gasteiger charge is -2.38. The van der Waals surface area contributed by atoms with Crippen LogP contribution in [-0.2, 0) is 12.2 Å². The van der Waals surface area contributed by atoms with Crippen molar-refractivity contribution in [3.05, 3.63) is 59.7 Å². The van der Waals surface area contributed by atoms with Crippen LogP contribution in [0, 0.1) is 0 Å². The fourth-order valence-corrected chi connectivity index (χ4v) is 2.44. The fourth-order valence-electron chi connectivity index (χ4n) is 2.44. The van der Waals surface area contributed by atoms with E-state index in [1.807, 2.05) is 18.2 Å². The number of para-hydroxylation sites is 1. The molecule has 0 saturated heterocycles. The van der Waals surface area contributed by atoms with E-state index in [0.29, 0.717) is 23.5 Å². The van der Waals surface area contributed by atoms with E-state index in [1.54, 1.807) is 37.4 Å². The van der Waals surface area contributed by atoms with Crippen LogP contribution >= 0.6 is 0 Å². The predicted octanol–water partition coefficient (Wildman–Crippen LogP) is 1.84. The molecule has 0 bridgehead atoms. The molecule has 0 amide bonds. The molecule has 20 heavy (non-hydrogen) atoms.